The van der Waals surface area contributed by atoms with Crippen LogP contribution in [0.4, 0.5) is 0 Å². The van der Waals surface area contributed by atoms with Gasteiger partial charge in [0.1, 0.15) is 6.11 Å². The summed E-state index contributed by atoms with van der Waals surface area (Å²) in [6.07, 6.45) is 7.10. The van der Waals surface area contributed by atoms with Crippen molar-refractivity contribution in [1.29, 1.82) is 0 Å². The van der Waals surface area contributed by atoms with Crippen LogP contribution in [0.15, 0.2) is 25.6 Å². The Labute approximate surface area is 95.9 Å². The Morgan fingerprint density at radius 3 is 2.42 bits per heavy atom. The first-order valence-electron chi connectivity index (χ1n) is 2.92. The molecule has 0 radical (unpaired) electrons. The molecule has 0 aromatic heterocycles. The summed E-state index contributed by atoms with van der Waals surface area (Å²) in [5.74, 6) is 0.618. The molecule has 0 amide bonds. The van der Waals surface area contributed by atoms with Crippen LogP contribution < -0.4 is 4.74 Å². The molecule has 1 nitrogen and oxygen atoms in total. The molecular weight excluding hydrogens is 352 g/mol. The summed E-state index contributed by atoms with van der Waals surface area (Å²) in [6.45, 7) is 0. The zero-order valence-electron chi connectivity index (χ0n) is 5.77. The summed E-state index contributed by atoms with van der Waals surface area (Å²) in [5.41, 5.74) is 0. The molecule has 0 atom stereocenters. The molecule has 0 N–H and O–H groups in total. The van der Waals surface area contributed by atoms with E-state index in [0.29, 0.717) is 5.75 Å². The third-order valence-corrected chi connectivity index (χ3v) is 4.50. The number of hydrogen-bond acceptors (Lipinski definition) is 1. The lowest BCUT2D eigenvalue weighted by molar-refractivity contribution is 0.517. The van der Waals surface area contributed by atoms with Gasteiger partial charge in [-0.15, -0.1) is 0 Å². The van der Waals surface area contributed by atoms with Crippen molar-refractivity contribution in [2.75, 3.05) is 0 Å². The fourth-order valence-corrected chi connectivity index (χ4v) is 2.00. The van der Waals surface area contributed by atoms with Gasteiger partial charge >= 0.3 is 0 Å². The van der Waals surface area contributed by atoms with Crippen molar-refractivity contribution in [3.05, 3.63) is 25.6 Å². The minimum Gasteiger partial charge on any atom is -0.407 e. The van der Waals surface area contributed by atoms with Crippen molar-refractivity contribution < 1.29 is 4.74 Å². The van der Waals surface area contributed by atoms with E-state index in [-0.39, 0.29) is 0 Å². The molecule has 1 rings (SSSR count). The van der Waals surface area contributed by atoms with Crippen LogP contribution in [0, 0.1) is 12.5 Å². The van der Waals surface area contributed by atoms with E-state index in [2.05, 4.69) is 53.9 Å². The van der Waals surface area contributed by atoms with Crippen molar-refractivity contribution in [2.24, 2.45) is 0 Å². The zero-order valence-corrected chi connectivity index (χ0v) is 10.5. The van der Waals surface area contributed by atoms with E-state index in [1.165, 1.54) is 0 Å². The highest BCUT2D eigenvalue weighted by atomic mass is 79.9. The lowest BCUT2D eigenvalue weighted by Gasteiger charge is -2.03. The van der Waals surface area contributed by atoms with Crippen molar-refractivity contribution in [1.82, 2.24) is 0 Å². The first kappa shape index (κ1) is 10.1. The molecule has 4 heteroatoms. The van der Waals surface area contributed by atoms with Crippen LogP contribution in [0.1, 0.15) is 0 Å². The molecule has 0 aliphatic heterocycles. The van der Waals surface area contributed by atoms with Gasteiger partial charge in [0.05, 0.1) is 4.47 Å². The number of terminal acetylenes is 1. The molecule has 0 aliphatic carbocycles. The van der Waals surface area contributed by atoms with Crippen LogP contribution in [0.25, 0.3) is 0 Å². The summed E-state index contributed by atoms with van der Waals surface area (Å²) in [7, 11) is 0. The fourth-order valence-electron chi connectivity index (χ4n) is 0.650. The molecule has 0 spiro atoms. The minimum atomic E-state index is 0.618. The molecule has 0 saturated carbocycles. The fraction of sp³-hybridized carbons (Fsp3) is 0. The van der Waals surface area contributed by atoms with Crippen LogP contribution in [-0.2, 0) is 0 Å². The van der Waals surface area contributed by atoms with Gasteiger partial charge in [-0.2, -0.15) is 0 Å². The van der Waals surface area contributed by atoms with Crippen LogP contribution in [0.5, 0.6) is 5.75 Å². The van der Waals surface area contributed by atoms with Crippen molar-refractivity contribution in [2.45, 2.75) is 0 Å². The van der Waals surface area contributed by atoms with Gasteiger partial charge in [-0.05, 0) is 59.9 Å². The van der Waals surface area contributed by atoms with E-state index in [1.54, 1.807) is 6.07 Å². The quantitative estimate of drug-likeness (QED) is 0.548. The SMILES string of the molecule is C#COc1ccc(Br)c(Br)c1Br. The van der Waals surface area contributed by atoms with E-state index >= 15 is 0 Å². The number of hydrogen-bond donors (Lipinski definition) is 0. The second-order valence-corrected chi connectivity index (χ2v) is 4.33. The molecule has 12 heavy (non-hydrogen) atoms. The second-order valence-electron chi connectivity index (χ2n) is 1.89. The molecule has 0 aliphatic rings. The van der Waals surface area contributed by atoms with E-state index in [1.807, 2.05) is 6.07 Å². The predicted octanol–water partition coefficient (Wildman–Crippen LogP) is 3.94. The topological polar surface area (TPSA) is 9.23 Å². The average Bonchev–Trinajstić information content (AvgIpc) is 2.07. The maximum Gasteiger partial charge on any atom is 0.155 e. The van der Waals surface area contributed by atoms with Gasteiger partial charge in [0.2, 0.25) is 0 Å². The van der Waals surface area contributed by atoms with Gasteiger partial charge < -0.3 is 4.74 Å². The van der Waals surface area contributed by atoms with E-state index in [9.17, 15) is 0 Å². The molecule has 0 unspecified atom stereocenters. The van der Waals surface area contributed by atoms with Crippen LogP contribution in [0.2, 0.25) is 0 Å². The molecule has 62 valence electrons. The summed E-state index contributed by atoms with van der Waals surface area (Å²) >= 11 is 10.0. The minimum absolute atomic E-state index is 0.618. The highest BCUT2D eigenvalue weighted by molar-refractivity contribution is 9.14. The number of halogens is 3. The predicted molar refractivity (Wildman–Crippen MR) is 59.0 cm³/mol. The molecule has 0 saturated heterocycles. The average molecular weight is 355 g/mol. The first-order chi connectivity index (χ1) is 5.66. The van der Waals surface area contributed by atoms with Gasteiger partial charge in [0, 0.05) is 8.95 Å². The molecular formula is C8H3Br3O. The van der Waals surface area contributed by atoms with Crippen molar-refractivity contribution >= 4 is 47.8 Å². The highest BCUT2D eigenvalue weighted by Crippen LogP contribution is 2.37. The summed E-state index contributed by atoms with van der Waals surface area (Å²) < 4.78 is 7.53. The Morgan fingerprint density at radius 1 is 1.17 bits per heavy atom. The van der Waals surface area contributed by atoms with Gasteiger partial charge in [-0.3, -0.25) is 0 Å². The summed E-state index contributed by atoms with van der Waals surface area (Å²) in [4.78, 5) is 0. The lowest BCUT2D eigenvalue weighted by atomic mass is 10.3. The highest BCUT2D eigenvalue weighted by Gasteiger charge is 2.07. The Kier molecular flexibility index (Phi) is 3.63. The van der Waals surface area contributed by atoms with Crippen molar-refractivity contribution in [3.63, 3.8) is 0 Å². The number of benzene rings is 1. The van der Waals surface area contributed by atoms with Crippen molar-refractivity contribution in [3.8, 4) is 18.3 Å². The Hall–Kier alpha value is 0.0200. The standard InChI is InChI=1S/C8H3Br3O/c1-2-12-6-4-3-5(9)7(10)8(6)11/h1,3-4H. The summed E-state index contributed by atoms with van der Waals surface area (Å²) in [6, 6.07) is 3.63. The Balaban J connectivity index is 3.19. The normalized spacial score (nSPS) is 9.17. The Morgan fingerprint density at radius 2 is 1.83 bits per heavy atom. The summed E-state index contributed by atoms with van der Waals surface area (Å²) in [5, 5.41) is 0. The third kappa shape index (κ3) is 2.03. The monoisotopic (exact) mass is 352 g/mol. The molecule has 1 aromatic carbocycles. The second kappa shape index (κ2) is 4.31. The van der Waals surface area contributed by atoms with Gasteiger partial charge in [0.25, 0.3) is 0 Å². The smallest absolute Gasteiger partial charge is 0.155 e. The molecule has 0 bridgehead atoms. The number of rotatable bonds is 1. The largest absolute Gasteiger partial charge is 0.407 e. The molecule has 0 heterocycles. The van der Waals surface area contributed by atoms with Gasteiger partial charge in [-0.25, -0.2) is 0 Å². The van der Waals surface area contributed by atoms with Gasteiger partial charge in [0.15, 0.2) is 5.75 Å². The van der Waals surface area contributed by atoms with E-state index < -0.39 is 0 Å². The maximum atomic E-state index is 5.00. The number of ether oxygens (including phenoxy) is 1. The maximum absolute atomic E-state index is 5.00. The molecule has 1 aromatic rings. The van der Waals surface area contributed by atoms with Gasteiger partial charge in [-0.1, -0.05) is 6.42 Å². The molecule has 0 fully saturated rings. The first-order valence-corrected chi connectivity index (χ1v) is 5.30. The third-order valence-electron chi connectivity index (χ3n) is 1.17. The van der Waals surface area contributed by atoms with Crippen LogP contribution in [0.3, 0.4) is 0 Å². The van der Waals surface area contributed by atoms with Crippen LogP contribution in [-0.4, -0.2) is 0 Å². The van der Waals surface area contributed by atoms with E-state index in [0.717, 1.165) is 13.4 Å². The van der Waals surface area contributed by atoms with E-state index in [4.69, 9.17) is 11.2 Å². The lowest BCUT2D eigenvalue weighted by Crippen LogP contribution is -1.84. The van der Waals surface area contributed by atoms with Crippen LogP contribution >= 0.6 is 47.8 Å². The Bertz CT molecular complexity index is 341. The zero-order chi connectivity index (χ0) is 9.14.